The number of carbonyl (C=O) groups is 1. The highest BCUT2D eigenvalue weighted by molar-refractivity contribution is 5.78. The van der Waals surface area contributed by atoms with Crippen LogP contribution >= 0.6 is 0 Å². The van der Waals surface area contributed by atoms with Crippen LogP contribution in [0.1, 0.15) is 12.8 Å². The summed E-state index contributed by atoms with van der Waals surface area (Å²) >= 11 is 0. The van der Waals surface area contributed by atoms with Crippen LogP contribution in [0.2, 0.25) is 0 Å². The van der Waals surface area contributed by atoms with Crippen LogP contribution in [0.25, 0.3) is 0 Å². The summed E-state index contributed by atoms with van der Waals surface area (Å²) in [5, 5.41) is 4.69. The number of nitrogens with zero attached hydrogens (tertiary/aromatic N) is 1. The summed E-state index contributed by atoms with van der Waals surface area (Å²) in [7, 11) is 1.98. The van der Waals surface area contributed by atoms with E-state index >= 15 is 0 Å². The third-order valence-electron chi connectivity index (χ3n) is 2.82. The van der Waals surface area contributed by atoms with Crippen molar-refractivity contribution in [1.29, 1.82) is 0 Å². The van der Waals surface area contributed by atoms with Crippen molar-refractivity contribution in [3.05, 3.63) is 0 Å². The molecule has 0 saturated carbocycles. The molecule has 1 atom stereocenters. The van der Waals surface area contributed by atoms with Gasteiger partial charge in [-0.1, -0.05) is 0 Å². The number of likely N-dealkylation sites (N-methyl/N-ethyl adjacent to an activating group) is 1. The summed E-state index contributed by atoms with van der Waals surface area (Å²) in [6.07, 6.45) is -2.15. The molecule has 1 heterocycles. The topological polar surface area (TPSA) is 44.4 Å². The van der Waals surface area contributed by atoms with E-state index < -0.39 is 18.6 Å². The molecule has 1 amide bonds. The average Bonchev–Trinajstić information content (AvgIpc) is 2.59. The van der Waals surface area contributed by atoms with E-state index in [9.17, 15) is 18.0 Å². The monoisotopic (exact) mass is 253 g/mol. The van der Waals surface area contributed by atoms with Crippen molar-refractivity contribution < 1.29 is 18.0 Å². The summed E-state index contributed by atoms with van der Waals surface area (Å²) in [5.41, 5.74) is 0. The molecule has 0 aromatic rings. The van der Waals surface area contributed by atoms with Gasteiger partial charge < -0.3 is 15.5 Å². The number of hydrogen-bond donors (Lipinski definition) is 2. The van der Waals surface area contributed by atoms with Gasteiger partial charge in [0.25, 0.3) is 0 Å². The molecule has 1 aliphatic rings. The van der Waals surface area contributed by atoms with Gasteiger partial charge >= 0.3 is 6.18 Å². The summed E-state index contributed by atoms with van der Waals surface area (Å²) < 4.78 is 35.4. The Kier molecular flexibility index (Phi) is 5.20. The number of halogens is 3. The number of carbonyl (C=O) groups excluding carboxylic acids is 1. The van der Waals surface area contributed by atoms with E-state index in [2.05, 4.69) is 15.5 Å². The fourth-order valence-electron chi connectivity index (χ4n) is 1.85. The van der Waals surface area contributed by atoms with E-state index in [0.29, 0.717) is 12.6 Å². The number of amides is 1. The molecule has 0 spiro atoms. The van der Waals surface area contributed by atoms with Gasteiger partial charge in [0.05, 0.1) is 13.1 Å². The number of alkyl halides is 3. The number of rotatable bonds is 5. The van der Waals surface area contributed by atoms with E-state index in [-0.39, 0.29) is 6.54 Å². The summed E-state index contributed by atoms with van der Waals surface area (Å²) in [6.45, 7) is 0.0790. The fourth-order valence-corrected chi connectivity index (χ4v) is 1.85. The van der Waals surface area contributed by atoms with Gasteiger partial charge in [0.1, 0.15) is 0 Å². The lowest BCUT2D eigenvalue weighted by Crippen LogP contribution is -2.43. The Hall–Kier alpha value is -0.820. The Balaban J connectivity index is 2.09. The molecule has 0 aromatic heterocycles. The molecule has 7 heteroatoms. The van der Waals surface area contributed by atoms with Crippen molar-refractivity contribution >= 4 is 5.91 Å². The first kappa shape index (κ1) is 14.2. The van der Waals surface area contributed by atoms with Crippen molar-refractivity contribution in [2.75, 3.05) is 33.2 Å². The molecule has 2 N–H and O–H groups in total. The second kappa shape index (κ2) is 6.20. The zero-order valence-corrected chi connectivity index (χ0v) is 9.81. The summed E-state index contributed by atoms with van der Waals surface area (Å²) in [4.78, 5) is 13.4. The first-order chi connectivity index (χ1) is 7.88. The zero-order chi connectivity index (χ0) is 12.9. The minimum atomic E-state index is -4.27. The minimum absolute atomic E-state index is 0.296. The highest BCUT2D eigenvalue weighted by Crippen LogP contribution is 2.13. The maximum atomic E-state index is 11.8. The van der Waals surface area contributed by atoms with Crippen LogP contribution in [-0.2, 0) is 4.79 Å². The third-order valence-corrected chi connectivity index (χ3v) is 2.82. The summed E-state index contributed by atoms with van der Waals surface area (Å²) in [5.74, 6) is -0.394. The molecule has 100 valence electrons. The Morgan fingerprint density at radius 1 is 1.47 bits per heavy atom. The van der Waals surface area contributed by atoms with Crippen LogP contribution in [-0.4, -0.2) is 56.3 Å². The average molecular weight is 253 g/mol. The lowest BCUT2D eigenvalue weighted by Gasteiger charge is -2.19. The molecule has 4 nitrogen and oxygen atoms in total. The second-order valence-corrected chi connectivity index (χ2v) is 4.30. The minimum Gasteiger partial charge on any atom is -0.353 e. The zero-order valence-electron chi connectivity index (χ0n) is 9.81. The molecule has 0 aliphatic carbocycles. The molecule has 0 radical (unpaired) electrons. The Morgan fingerprint density at radius 3 is 2.71 bits per heavy atom. The van der Waals surface area contributed by atoms with E-state index in [1.165, 1.54) is 0 Å². The normalized spacial score (nSPS) is 21.8. The predicted molar refractivity (Wildman–Crippen MR) is 57.6 cm³/mol. The first-order valence-electron chi connectivity index (χ1n) is 5.63. The van der Waals surface area contributed by atoms with E-state index in [1.54, 1.807) is 0 Å². The first-order valence-corrected chi connectivity index (χ1v) is 5.63. The lowest BCUT2D eigenvalue weighted by atomic mass is 10.2. The van der Waals surface area contributed by atoms with Crippen molar-refractivity contribution in [3.63, 3.8) is 0 Å². The van der Waals surface area contributed by atoms with Crippen molar-refractivity contribution in [2.45, 2.75) is 25.1 Å². The number of nitrogens with one attached hydrogen (secondary N) is 2. The van der Waals surface area contributed by atoms with Crippen LogP contribution < -0.4 is 10.6 Å². The van der Waals surface area contributed by atoms with Gasteiger partial charge in [-0.05, 0) is 26.4 Å². The molecule has 1 unspecified atom stereocenters. The standard InChI is InChI=1S/C10H18F3N3O/c1-16-4-2-3-8(16)5-15-9(17)6-14-7-10(11,12)13/h8,14H,2-7H2,1H3,(H,15,17). The smallest absolute Gasteiger partial charge is 0.353 e. The van der Waals surface area contributed by atoms with Crippen LogP contribution in [0.15, 0.2) is 0 Å². The molecular formula is C10H18F3N3O. The highest BCUT2D eigenvalue weighted by atomic mass is 19.4. The summed E-state index contributed by atoms with van der Waals surface area (Å²) in [6, 6.07) is 0.307. The van der Waals surface area contributed by atoms with Crippen LogP contribution in [0.4, 0.5) is 13.2 Å². The molecule has 0 aromatic carbocycles. The number of likely N-dealkylation sites (tertiary alicyclic amines) is 1. The quantitative estimate of drug-likeness (QED) is 0.743. The van der Waals surface area contributed by atoms with Crippen molar-refractivity contribution in [3.8, 4) is 0 Å². The van der Waals surface area contributed by atoms with Crippen molar-refractivity contribution in [1.82, 2.24) is 15.5 Å². The fraction of sp³-hybridized carbons (Fsp3) is 0.900. The Bertz CT molecular complexity index is 258. The van der Waals surface area contributed by atoms with Crippen LogP contribution in [0, 0.1) is 0 Å². The van der Waals surface area contributed by atoms with Gasteiger partial charge in [0, 0.05) is 12.6 Å². The maximum absolute atomic E-state index is 11.8. The van der Waals surface area contributed by atoms with Crippen molar-refractivity contribution in [2.24, 2.45) is 0 Å². The van der Waals surface area contributed by atoms with E-state index in [4.69, 9.17) is 0 Å². The molecule has 17 heavy (non-hydrogen) atoms. The molecular weight excluding hydrogens is 235 g/mol. The Labute approximate surface area is 98.5 Å². The molecule has 1 fully saturated rings. The Morgan fingerprint density at radius 2 is 2.18 bits per heavy atom. The second-order valence-electron chi connectivity index (χ2n) is 4.30. The van der Waals surface area contributed by atoms with Gasteiger partial charge in [-0.15, -0.1) is 0 Å². The van der Waals surface area contributed by atoms with Gasteiger partial charge in [-0.25, -0.2) is 0 Å². The van der Waals surface area contributed by atoms with Crippen LogP contribution in [0.3, 0.4) is 0 Å². The van der Waals surface area contributed by atoms with Crippen LogP contribution in [0.5, 0.6) is 0 Å². The SMILES string of the molecule is CN1CCCC1CNC(=O)CNCC(F)(F)F. The van der Waals surface area contributed by atoms with E-state index in [0.717, 1.165) is 19.4 Å². The molecule has 1 rings (SSSR count). The largest absolute Gasteiger partial charge is 0.401 e. The maximum Gasteiger partial charge on any atom is 0.401 e. The highest BCUT2D eigenvalue weighted by Gasteiger charge is 2.26. The predicted octanol–water partition coefficient (Wildman–Crippen LogP) is 0.349. The molecule has 1 saturated heterocycles. The van der Waals surface area contributed by atoms with Gasteiger partial charge in [-0.3, -0.25) is 4.79 Å². The molecule has 0 bridgehead atoms. The van der Waals surface area contributed by atoms with Gasteiger partial charge in [0.15, 0.2) is 0 Å². The third kappa shape index (κ3) is 5.88. The van der Waals surface area contributed by atoms with E-state index in [1.807, 2.05) is 7.05 Å². The van der Waals surface area contributed by atoms with Gasteiger partial charge in [0.2, 0.25) is 5.91 Å². The van der Waals surface area contributed by atoms with Gasteiger partial charge in [-0.2, -0.15) is 13.2 Å². The lowest BCUT2D eigenvalue weighted by molar-refractivity contribution is -0.128. The molecule has 1 aliphatic heterocycles. The number of hydrogen-bond acceptors (Lipinski definition) is 3.